The van der Waals surface area contributed by atoms with Crippen LogP contribution < -0.4 is 14.8 Å². The van der Waals surface area contributed by atoms with Crippen LogP contribution in [-0.2, 0) is 10.0 Å². The van der Waals surface area contributed by atoms with Gasteiger partial charge in [-0.1, -0.05) is 0 Å². The maximum absolute atomic E-state index is 12.4. The third-order valence-corrected chi connectivity index (χ3v) is 5.39. The van der Waals surface area contributed by atoms with E-state index in [2.05, 4.69) is 10.0 Å². The van der Waals surface area contributed by atoms with Crippen LogP contribution in [0.25, 0.3) is 0 Å². The van der Waals surface area contributed by atoms with E-state index in [1.165, 1.54) is 13.2 Å². The third kappa shape index (κ3) is 4.63. The van der Waals surface area contributed by atoms with Gasteiger partial charge in [-0.2, -0.15) is 0 Å². The van der Waals surface area contributed by atoms with Crippen LogP contribution in [0.2, 0.25) is 0 Å². The number of benzene rings is 1. The fourth-order valence-corrected chi connectivity index (χ4v) is 3.83. The second-order valence-electron chi connectivity index (χ2n) is 5.49. The highest BCUT2D eigenvalue weighted by Gasteiger charge is 2.22. The Morgan fingerprint density at radius 2 is 2.26 bits per heavy atom. The first kappa shape index (κ1) is 17.6. The van der Waals surface area contributed by atoms with Gasteiger partial charge in [0.05, 0.1) is 18.1 Å². The molecule has 0 aliphatic carbocycles. The molecule has 1 fully saturated rings. The average Bonchev–Trinajstić information content (AvgIpc) is 2.55. The number of ether oxygens (including phenoxy) is 1. The fraction of sp³-hybridized carbons (Fsp3) is 0.571. The molecule has 9 heteroatoms. The van der Waals surface area contributed by atoms with Gasteiger partial charge in [0.25, 0.3) is 5.69 Å². The molecule has 1 aromatic carbocycles. The molecule has 1 atom stereocenters. The summed E-state index contributed by atoms with van der Waals surface area (Å²) in [7, 11) is -2.48. The summed E-state index contributed by atoms with van der Waals surface area (Å²) >= 11 is 0. The second-order valence-corrected chi connectivity index (χ2v) is 7.23. The topological polar surface area (TPSA) is 111 Å². The number of hydrogen-bond donors (Lipinski definition) is 2. The Kier molecular flexibility index (Phi) is 5.91. The van der Waals surface area contributed by atoms with Gasteiger partial charge < -0.3 is 10.1 Å². The van der Waals surface area contributed by atoms with Crippen molar-refractivity contribution in [3.63, 3.8) is 0 Å². The average molecular weight is 343 g/mol. The first-order valence-electron chi connectivity index (χ1n) is 7.47. The molecule has 8 nitrogen and oxygen atoms in total. The van der Waals surface area contributed by atoms with Gasteiger partial charge in [-0.05, 0) is 44.3 Å². The van der Waals surface area contributed by atoms with E-state index in [0.29, 0.717) is 12.5 Å². The Morgan fingerprint density at radius 1 is 1.48 bits per heavy atom. The van der Waals surface area contributed by atoms with Gasteiger partial charge in [-0.15, -0.1) is 0 Å². The summed E-state index contributed by atoms with van der Waals surface area (Å²) in [6, 6.07) is 3.46. The molecule has 0 aromatic heterocycles. The molecule has 1 aliphatic heterocycles. The summed E-state index contributed by atoms with van der Waals surface area (Å²) in [6.07, 6.45) is 2.95. The maximum Gasteiger partial charge on any atom is 0.273 e. The Balaban J connectivity index is 2.04. The lowest BCUT2D eigenvalue weighted by atomic mass is 9.96. The maximum atomic E-state index is 12.4. The zero-order valence-corrected chi connectivity index (χ0v) is 13.8. The van der Waals surface area contributed by atoms with Crippen molar-refractivity contribution in [2.45, 2.75) is 24.2 Å². The van der Waals surface area contributed by atoms with Gasteiger partial charge in [-0.3, -0.25) is 10.1 Å². The molecular formula is C14H21N3O5S. The number of rotatable bonds is 7. The highest BCUT2D eigenvalue weighted by molar-refractivity contribution is 7.89. The minimum atomic E-state index is -3.76. The van der Waals surface area contributed by atoms with E-state index in [0.717, 1.165) is 44.5 Å². The van der Waals surface area contributed by atoms with Gasteiger partial charge in [-0.25, -0.2) is 13.1 Å². The molecule has 0 amide bonds. The van der Waals surface area contributed by atoms with E-state index in [1.807, 2.05) is 0 Å². The van der Waals surface area contributed by atoms with Gasteiger partial charge in [0.15, 0.2) is 0 Å². The SMILES string of the molecule is COc1cc([N+](=O)[O-])ccc1S(=O)(=O)NCCC1CCCNC1. The van der Waals surface area contributed by atoms with Crippen LogP contribution in [0.15, 0.2) is 23.1 Å². The normalized spacial score (nSPS) is 18.6. The molecule has 1 aromatic rings. The van der Waals surface area contributed by atoms with Crippen molar-refractivity contribution in [2.75, 3.05) is 26.7 Å². The molecule has 0 saturated carbocycles. The predicted octanol–water partition coefficient (Wildman–Crippen LogP) is 1.27. The molecule has 2 rings (SSSR count). The van der Waals surface area contributed by atoms with Crippen LogP contribution in [0.5, 0.6) is 5.75 Å². The summed E-state index contributed by atoms with van der Waals surface area (Å²) in [5.41, 5.74) is -0.214. The Labute approximate surface area is 135 Å². The van der Waals surface area contributed by atoms with Gasteiger partial charge in [0, 0.05) is 12.6 Å². The summed E-state index contributed by atoms with van der Waals surface area (Å²) in [5.74, 6) is 0.427. The standard InChI is InChI=1S/C14H21N3O5S/c1-22-13-9-12(17(18)19)4-5-14(13)23(20,21)16-8-6-11-3-2-7-15-10-11/h4-5,9,11,15-16H,2-3,6-8,10H2,1H3. The number of methoxy groups -OCH3 is 1. The molecule has 0 bridgehead atoms. The first-order chi connectivity index (χ1) is 10.9. The lowest BCUT2D eigenvalue weighted by Gasteiger charge is -2.22. The van der Waals surface area contributed by atoms with Crippen LogP contribution >= 0.6 is 0 Å². The largest absolute Gasteiger partial charge is 0.495 e. The van der Waals surface area contributed by atoms with Crippen LogP contribution in [0.1, 0.15) is 19.3 Å². The van der Waals surface area contributed by atoms with Crippen molar-refractivity contribution in [2.24, 2.45) is 5.92 Å². The number of non-ortho nitro benzene ring substituents is 1. The van der Waals surface area contributed by atoms with Crippen LogP contribution in [0.3, 0.4) is 0 Å². The van der Waals surface area contributed by atoms with Crippen LogP contribution in [-0.4, -0.2) is 40.1 Å². The smallest absolute Gasteiger partial charge is 0.273 e. The van der Waals surface area contributed by atoms with Gasteiger partial charge in [0.2, 0.25) is 10.0 Å². The Bertz CT molecular complexity index is 656. The van der Waals surface area contributed by atoms with Crippen molar-refractivity contribution in [3.05, 3.63) is 28.3 Å². The molecule has 1 unspecified atom stereocenters. The number of nitro groups is 1. The van der Waals surface area contributed by atoms with E-state index in [4.69, 9.17) is 4.74 Å². The van der Waals surface area contributed by atoms with Crippen molar-refractivity contribution >= 4 is 15.7 Å². The molecule has 1 saturated heterocycles. The Morgan fingerprint density at radius 3 is 2.87 bits per heavy atom. The third-order valence-electron chi connectivity index (χ3n) is 3.89. The van der Waals surface area contributed by atoms with Crippen LogP contribution in [0.4, 0.5) is 5.69 Å². The molecule has 1 aliphatic rings. The van der Waals surface area contributed by atoms with Gasteiger partial charge in [0.1, 0.15) is 10.6 Å². The predicted molar refractivity (Wildman–Crippen MR) is 85.0 cm³/mol. The number of nitrogens with one attached hydrogen (secondary N) is 2. The van der Waals surface area contributed by atoms with E-state index < -0.39 is 14.9 Å². The van der Waals surface area contributed by atoms with E-state index in [9.17, 15) is 18.5 Å². The van der Waals surface area contributed by atoms with Crippen LogP contribution in [0, 0.1) is 16.0 Å². The fourth-order valence-electron chi connectivity index (χ4n) is 2.64. The zero-order valence-electron chi connectivity index (χ0n) is 12.9. The van der Waals surface area contributed by atoms with Crippen molar-refractivity contribution in [1.29, 1.82) is 0 Å². The zero-order chi connectivity index (χ0) is 16.9. The molecule has 1 heterocycles. The van der Waals surface area contributed by atoms with Crippen molar-refractivity contribution in [1.82, 2.24) is 10.0 Å². The van der Waals surface area contributed by atoms with E-state index in [-0.39, 0.29) is 16.3 Å². The van der Waals surface area contributed by atoms with Crippen molar-refractivity contribution in [3.8, 4) is 5.75 Å². The number of nitrogens with zero attached hydrogens (tertiary/aromatic N) is 1. The summed E-state index contributed by atoms with van der Waals surface area (Å²) in [4.78, 5) is 10.1. The molecule has 0 spiro atoms. The molecule has 0 radical (unpaired) electrons. The minimum absolute atomic E-state index is 0.0361. The molecular weight excluding hydrogens is 322 g/mol. The van der Waals surface area contributed by atoms with E-state index >= 15 is 0 Å². The summed E-state index contributed by atoms with van der Waals surface area (Å²) in [6.45, 7) is 2.25. The minimum Gasteiger partial charge on any atom is -0.495 e. The summed E-state index contributed by atoms with van der Waals surface area (Å²) < 4.78 is 32.2. The molecule has 128 valence electrons. The second kappa shape index (κ2) is 7.71. The van der Waals surface area contributed by atoms with E-state index in [1.54, 1.807) is 0 Å². The monoisotopic (exact) mass is 343 g/mol. The Hall–Kier alpha value is -1.71. The summed E-state index contributed by atoms with van der Waals surface area (Å²) in [5, 5.41) is 14.0. The number of piperidine rings is 1. The quantitative estimate of drug-likeness (QED) is 0.570. The molecule has 2 N–H and O–H groups in total. The van der Waals surface area contributed by atoms with Crippen molar-refractivity contribution < 1.29 is 18.1 Å². The highest BCUT2D eigenvalue weighted by atomic mass is 32.2. The highest BCUT2D eigenvalue weighted by Crippen LogP contribution is 2.28. The number of nitro benzene ring substituents is 1. The number of sulfonamides is 1. The lowest BCUT2D eigenvalue weighted by molar-refractivity contribution is -0.385. The van der Waals surface area contributed by atoms with Gasteiger partial charge >= 0.3 is 0 Å². The molecule has 23 heavy (non-hydrogen) atoms. The lowest BCUT2D eigenvalue weighted by Crippen LogP contribution is -2.33. The first-order valence-corrected chi connectivity index (χ1v) is 8.95. The number of hydrogen-bond acceptors (Lipinski definition) is 6.